The Labute approximate surface area is 175 Å². The van der Waals surface area contributed by atoms with E-state index in [1.54, 1.807) is 6.07 Å². The average molecular weight is 423 g/mol. The Morgan fingerprint density at radius 2 is 1.89 bits per heavy atom. The molecule has 152 valence electrons. The monoisotopic (exact) mass is 422 g/mol. The van der Waals surface area contributed by atoms with Crippen LogP contribution in [0.1, 0.15) is 37.3 Å². The van der Waals surface area contributed by atoms with Crippen LogP contribution in [-0.4, -0.2) is 30.1 Å². The molecule has 1 aromatic carbocycles. The average Bonchev–Trinajstić information content (AvgIpc) is 3.11. The van der Waals surface area contributed by atoms with Crippen LogP contribution < -0.4 is 16.0 Å². The van der Waals surface area contributed by atoms with Crippen molar-refractivity contribution in [2.75, 3.05) is 18.4 Å². The Hall–Kier alpha value is -2.09. The topological polar surface area (TPSA) is 85.8 Å². The van der Waals surface area contributed by atoms with E-state index in [2.05, 4.69) is 20.9 Å². The standard InChI is InChI=1S/C20H27ClN4O2S/c1-4-22-20(24-12-16(26)17-9-10-18(21)28-17)23-11-14-5-7-15(8-6-14)25-19(27)13(2)3/h5-10,13,16,26H,4,11-12H2,1-3H3,(H,25,27)(H2,22,23,24). The van der Waals surface area contributed by atoms with Crippen LogP contribution in [-0.2, 0) is 11.3 Å². The fourth-order valence-corrected chi connectivity index (χ4v) is 3.34. The van der Waals surface area contributed by atoms with Gasteiger partial charge in [0.2, 0.25) is 5.91 Å². The van der Waals surface area contributed by atoms with E-state index in [4.69, 9.17) is 11.6 Å². The second-order valence-electron chi connectivity index (χ2n) is 6.57. The number of anilines is 1. The smallest absolute Gasteiger partial charge is 0.226 e. The lowest BCUT2D eigenvalue weighted by atomic mass is 10.2. The van der Waals surface area contributed by atoms with E-state index in [1.165, 1.54) is 11.3 Å². The van der Waals surface area contributed by atoms with Crippen molar-refractivity contribution in [3.05, 3.63) is 51.2 Å². The molecular weight excluding hydrogens is 396 g/mol. The molecule has 2 rings (SSSR count). The number of rotatable bonds is 8. The number of thiophene rings is 1. The number of aliphatic hydroxyl groups is 1. The summed E-state index contributed by atoms with van der Waals surface area (Å²) in [6.45, 7) is 7.23. The van der Waals surface area contributed by atoms with Gasteiger partial charge < -0.3 is 21.1 Å². The van der Waals surface area contributed by atoms with Gasteiger partial charge in [-0.05, 0) is 36.8 Å². The third kappa shape index (κ3) is 7.14. The van der Waals surface area contributed by atoms with Crippen LogP contribution in [0.15, 0.2) is 41.4 Å². The third-order valence-corrected chi connectivity index (χ3v) is 5.23. The normalized spacial score (nSPS) is 12.7. The zero-order chi connectivity index (χ0) is 20.5. The van der Waals surface area contributed by atoms with Crippen LogP contribution >= 0.6 is 22.9 Å². The summed E-state index contributed by atoms with van der Waals surface area (Å²) < 4.78 is 0.655. The largest absolute Gasteiger partial charge is 0.386 e. The van der Waals surface area contributed by atoms with E-state index < -0.39 is 6.10 Å². The van der Waals surface area contributed by atoms with E-state index in [-0.39, 0.29) is 11.8 Å². The molecule has 0 radical (unpaired) electrons. The molecular formula is C20H27ClN4O2S. The van der Waals surface area contributed by atoms with Crippen LogP contribution in [0.2, 0.25) is 4.34 Å². The maximum Gasteiger partial charge on any atom is 0.226 e. The summed E-state index contributed by atoms with van der Waals surface area (Å²) in [6, 6.07) is 11.2. The van der Waals surface area contributed by atoms with Crippen molar-refractivity contribution >= 4 is 40.5 Å². The molecule has 0 aliphatic heterocycles. The van der Waals surface area contributed by atoms with Crippen LogP contribution in [0, 0.1) is 5.92 Å². The second kappa shape index (κ2) is 11.0. The number of hydrogen-bond donors (Lipinski definition) is 4. The van der Waals surface area contributed by atoms with Gasteiger partial charge in [-0.15, -0.1) is 11.3 Å². The van der Waals surface area contributed by atoms with Crippen molar-refractivity contribution in [3.63, 3.8) is 0 Å². The number of carbonyl (C=O) groups is 1. The van der Waals surface area contributed by atoms with Crippen molar-refractivity contribution in [2.24, 2.45) is 10.9 Å². The Balaban J connectivity index is 1.91. The Kier molecular flexibility index (Phi) is 8.76. The predicted molar refractivity (Wildman–Crippen MR) is 117 cm³/mol. The number of nitrogens with one attached hydrogen (secondary N) is 3. The third-order valence-electron chi connectivity index (χ3n) is 3.90. The first-order valence-corrected chi connectivity index (χ1v) is 10.4. The predicted octanol–water partition coefficient (Wildman–Crippen LogP) is 3.78. The molecule has 6 nitrogen and oxygen atoms in total. The number of aliphatic hydroxyl groups excluding tert-OH is 1. The molecule has 2 aromatic rings. The van der Waals surface area contributed by atoms with E-state index in [9.17, 15) is 9.90 Å². The van der Waals surface area contributed by atoms with E-state index in [0.29, 0.717) is 29.9 Å². The van der Waals surface area contributed by atoms with Gasteiger partial charge in [-0.2, -0.15) is 0 Å². The molecule has 4 N–H and O–H groups in total. The maximum atomic E-state index is 11.7. The highest BCUT2D eigenvalue weighted by molar-refractivity contribution is 7.16. The van der Waals surface area contributed by atoms with Gasteiger partial charge in [0.15, 0.2) is 5.96 Å². The summed E-state index contributed by atoms with van der Waals surface area (Å²) >= 11 is 7.28. The molecule has 8 heteroatoms. The molecule has 0 fully saturated rings. The van der Waals surface area contributed by atoms with E-state index in [0.717, 1.165) is 16.1 Å². The summed E-state index contributed by atoms with van der Waals surface area (Å²) in [7, 11) is 0. The quantitative estimate of drug-likeness (QED) is 0.385. The Bertz CT molecular complexity index is 790. The Morgan fingerprint density at radius 1 is 1.18 bits per heavy atom. The SMILES string of the molecule is CCNC(=NCc1ccc(NC(=O)C(C)C)cc1)NCC(O)c1ccc(Cl)s1. The first-order valence-electron chi connectivity index (χ1n) is 9.24. The first kappa shape index (κ1) is 22.2. The fraction of sp³-hybridized carbons (Fsp3) is 0.400. The van der Waals surface area contributed by atoms with E-state index >= 15 is 0 Å². The molecule has 0 aliphatic carbocycles. The van der Waals surface area contributed by atoms with Crippen molar-refractivity contribution < 1.29 is 9.90 Å². The van der Waals surface area contributed by atoms with Gasteiger partial charge in [-0.25, -0.2) is 4.99 Å². The molecule has 28 heavy (non-hydrogen) atoms. The fourth-order valence-electron chi connectivity index (χ4n) is 2.29. The summed E-state index contributed by atoms with van der Waals surface area (Å²) in [5.41, 5.74) is 1.79. The molecule has 1 heterocycles. The number of nitrogens with zero attached hydrogens (tertiary/aromatic N) is 1. The summed E-state index contributed by atoms with van der Waals surface area (Å²) in [5, 5.41) is 19.4. The van der Waals surface area contributed by atoms with Gasteiger partial charge in [0, 0.05) is 29.6 Å². The number of aliphatic imine (C=N–C) groups is 1. The molecule has 1 unspecified atom stereocenters. The van der Waals surface area contributed by atoms with Crippen molar-refractivity contribution in [3.8, 4) is 0 Å². The maximum absolute atomic E-state index is 11.7. The molecule has 1 amide bonds. The molecule has 0 saturated carbocycles. The number of guanidine groups is 1. The highest BCUT2D eigenvalue weighted by atomic mass is 35.5. The van der Waals surface area contributed by atoms with Gasteiger partial charge in [0.1, 0.15) is 6.10 Å². The van der Waals surface area contributed by atoms with E-state index in [1.807, 2.05) is 51.1 Å². The first-order chi connectivity index (χ1) is 13.4. The molecule has 0 saturated heterocycles. The molecule has 1 aromatic heterocycles. The number of hydrogen-bond acceptors (Lipinski definition) is 4. The Morgan fingerprint density at radius 3 is 2.46 bits per heavy atom. The zero-order valence-corrected chi connectivity index (χ0v) is 17.9. The van der Waals surface area contributed by atoms with Gasteiger partial charge in [-0.3, -0.25) is 4.79 Å². The van der Waals surface area contributed by atoms with Gasteiger partial charge in [0.05, 0.1) is 10.9 Å². The number of benzene rings is 1. The molecule has 0 aliphatic rings. The molecule has 1 atom stereocenters. The number of carbonyl (C=O) groups excluding carboxylic acids is 1. The van der Waals surface area contributed by atoms with Crippen LogP contribution in [0.5, 0.6) is 0 Å². The van der Waals surface area contributed by atoms with Crippen molar-refractivity contribution in [1.29, 1.82) is 0 Å². The lowest BCUT2D eigenvalue weighted by Crippen LogP contribution is -2.39. The molecule has 0 spiro atoms. The summed E-state index contributed by atoms with van der Waals surface area (Å²) in [5.74, 6) is 0.565. The van der Waals surface area contributed by atoms with Gasteiger partial charge in [-0.1, -0.05) is 37.6 Å². The highest BCUT2D eigenvalue weighted by Gasteiger charge is 2.11. The van der Waals surface area contributed by atoms with Crippen molar-refractivity contribution in [1.82, 2.24) is 10.6 Å². The minimum atomic E-state index is -0.648. The second-order valence-corrected chi connectivity index (χ2v) is 8.32. The lowest BCUT2D eigenvalue weighted by molar-refractivity contribution is -0.118. The minimum Gasteiger partial charge on any atom is -0.386 e. The van der Waals surface area contributed by atoms with Crippen LogP contribution in [0.3, 0.4) is 0 Å². The molecule has 0 bridgehead atoms. The summed E-state index contributed by atoms with van der Waals surface area (Å²) in [6.07, 6.45) is -0.648. The zero-order valence-electron chi connectivity index (χ0n) is 16.3. The van der Waals surface area contributed by atoms with Crippen molar-refractivity contribution in [2.45, 2.75) is 33.4 Å². The van der Waals surface area contributed by atoms with Gasteiger partial charge >= 0.3 is 0 Å². The highest BCUT2D eigenvalue weighted by Crippen LogP contribution is 2.26. The van der Waals surface area contributed by atoms with Crippen LogP contribution in [0.25, 0.3) is 0 Å². The number of halogens is 1. The summed E-state index contributed by atoms with van der Waals surface area (Å²) in [4.78, 5) is 17.1. The minimum absolute atomic E-state index is 0.00464. The van der Waals surface area contributed by atoms with Gasteiger partial charge in [0.25, 0.3) is 0 Å². The lowest BCUT2D eigenvalue weighted by Gasteiger charge is -2.14. The number of amides is 1. The van der Waals surface area contributed by atoms with Crippen LogP contribution in [0.4, 0.5) is 5.69 Å².